The highest BCUT2D eigenvalue weighted by Crippen LogP contribution is 2.26. The second-order valence-electron chi connectivity index (χ2n) is 5.91. The van der Waals surface area contributed by atoms with Crippen LogP contribution in [0.25, 0.3) is 0 Å². The van der Waals surface area contributed by atoms with Crippen LogP contribution in [-0.2, 0) is 0 Å². The molecule has 0 aliphatic carbocycles. The highest BCUT2D eigenvalue weighted by molar-refractivity contribution is 7.99. The van der Waals surface area contributed by atoms with Crippen molar-refractivity contribution in [2.75, 3.05) is 24.6 Å². The number of aliphatic hydroxyl groups is 1. The first-order valence-electron chi connectivity index (χ1n) is 7.37. The first-order valence-corrected chi connectivity index (χ1v) is 8.52. The van der Waals surface area contributed by atoms with Gasteiger partial charge in [0.25, 0.3) is 0 Å². The molecule has 0 aromatic heterocycles. The zero-order valence-electron chi connectivity index (χ0n) is 12.7. The Morgan fingerprint density at radius 2 is 2.29 bits per heavy atom. The van der Waals surface area contributed by atoms with Crippen molar-refractivity contribution in [1.29, 1.82) is 0 Å². The molecule has 1 heterocycles. The molecule has 0 saturated carbocycles. The summed E-state index contributed by atoms with van der Waals surface area (Å²) in [4.78, 5) is 11.8. The molecule has 1 aliphatic rings. The quantitative estimate of drug-likeness (QED) is 0.782. The minimum atomic E-state index is -0.732. The number of urea groups is 1. The molecule has 1 aliphatic heterocycles. The van der Waals surface area contributed by atoms with Crippen LogP contribution in [0.4, 0.5) is 4.79 Å². The zero-order valence-corrected chi connectivity index (χ0v) is 13.5. The minimum absolute atomic E-state index is 0.208. The maximum atomic E-state index is 11.8. The fraction of sp³-hybridized carbons (Fsp3) is 0.562. The zero-order chi connectivity index (χ0) is 15.3. The third kappa shape index (κ3) is 4.93. The Morgan fingerprint density at radius 1 is 1.48 bits per heavy atom. The van der Waals surface area contributed by atoms with Gasteiger partial charge in [-0.15, -0.1) is 0 Å². The minimum Gasteiger partial charge on any atom is -0.387 e. The molecule has 2 rings (SSSR count). The third-order valence-electron chi connectivity index (χ3n) is 3.84. The molecule has 2 atom stereocenters. The lowest BCUT2D eigenvalue weighted by atomic mass is 9.99. The molecule has 5 heteroatoms. The number of carbonyl (C=O) groups is 1. The van der Waals surface area contributed by atoms with Crippen molar-refractivity contribution in [3.63, 3.8) is 0 Å². The average Bonchev–Trinajstić information content (AvgIpc) is 2.90. The van der Waals surface area contributed by atoms with Crippen molar-refractivity contribution in [3.8, 4) is 0 Å². The molecule has 116 valence electrons. The Balaban J connectivity index is 1.73. The normalized spacial score (nSPS) is 22.8. The lowest BCUT2D eigenvalue weighted by molar-refractivity contribution is 0.0700. The monoisotopic (exact) mass is 308 g/mol. The van der Waals surface area contributed by atoms with Gasteiger partial charge in [-0.1, -0.05) is 36.8 Å². The van der Waals surface area contributed by atoms with E-state index in [1.165, 1.54) is 11.1 Å². The van der Waals surface area contributed by atoms with E-state index in [4.69, 9.17) is 0 Å². The van der Waals surface area contributed by atoms with Gasteiger partial charge in [0.15, 0.2) is 0 Å². The molecule has 0 radical (unpaired) electrons. The number of thioether (sulfide) groups is 1. The lowest BCUT2D eigenvalue weighted by Gasteiger charge is -2.22. The molecule has 1 saturated heterocycles. The molecule has 0 spiro atoms. The Kier molecular flexibility index (Phi) is 5.53. The van der Waals surface area contributed by atoms with Crippen LogP contribution in [0.3, 0.4) is 0 Å². The molecule has 2 amide bonds. The summed E-state index contributed by atoms with van der Waals surface area (Å²) in [5, 5.41) is 15.8. The number of carbonyl (C=O) groups excluding carboxylic acids is 1. The van der Waals surface area contributed by atoms with Crippen LogP contribution in [0, 0.1) is 6.92 Å². The lowest BCUT2D eigenvalue weighted by Crippen LogP contribution is -2.47. The third-order valence-corrected chi connectivity index (χ3v) is 5.07. The number of nitrogens with one attached hydrogen (secondary N) is 2. The number of aryl methyl sites for hydroxylation is 1. The van der Waals surface area contributed by atoms with Crippen molar-refractivity contribution in [2.45, 2.75) is 31.8 Å². The van der Waals surface area contributed by atoms with Gasteiger partial charge < -0.3 is 15.7 Å². The van der Waals surface area contributed by atoms with Gasteiger partial charge in [0.1, 0.15) is 0 Å². The molecular weight excluding hydrogens is 284 g/mol. The predicted molar refractivity (Wildman–Crippen MR) is 87.9 cm³/mol. The van der Waals surface area contributed by atoms with Crippen molar-refractivity contribution in [1.82, 2.24) is 10.6 Å². The molecule has 1 fully saturated rings. The van der Waals surface area contributed by atoms with E-state index in [1.807, 2.05) is 6.07 Å². The summed E-state index contributed by atoms with van der Waals surface area (Å²) in [6, 6.07) is 8.11. The SMILES string of the molecule is Cc1cccc(C(C)CNC(=O)NCC2(O)CCSC2)c1. The fourth-order valence-corrected chi connectivity index (χ4v) is 3.68. The highest BCUT2D eigenvalue weighted by atomic mass is 32.2. The van der Waals surface area contributed by atoms with E-state index in [0.29, 0.717) is 18.8 Å². The van der Waals surface area contributed by atoms with Gasteiger partial charge in [-0.25, -0.2) is 4.79 Å². The largest absolute Gasteiger partial charge is 0.387 e. The van der Waals surface area contributed by atoms with E-state index >= 15 is 0 Å². The maximum Gasteiger partial charge on any atom is 0.314 e. The summed E-state index contributed by atoms with van der Waals surface area (Å²) < 4.78 is 0. The van der Waals surface area contributed by atoms with Crippen LogP contribution in [-0.4, -0.2) is 41.3 Å². The topological polar surface area (TPSA) is 61.4 Å². The number of rotatable bonds is 5. The number of benzene rings is 1. The molecule has 2 unspecified atom stereocenters. The van der Waals surface area contributed by atoms with Crippen molar-refractivity contribution in [2.24, 2.45) is 0 Å². The second kappa shape index (κ2) is 7.18. The van der Waals surface area contributed by atoms with E-state index in [-0.39, 0.29) is 11.9 Å². The highest BCUT2D eigenvalue weighted by Gasteiger charge is 2.31. The molecular formula is C16H24N2O2S. The van der Waals surface area contributed by atoms with Crippen LogP contribution in [0.5, 0.6) is 0 Å². The first kappa shape index (κ1) is 16.2. The van der Waals surface area contributed by atoms with Crippen LogP contribution >= 0.6 is 11.8 Å². The van der Waals surface area contributed by atoms with Crippen LogP contribution in [0.1, 0.15) is 30.4 Å². The number of hydrogen-bond acceptors (Lipinski definition) is 3. The van der Waals surface area contributed by atoms with Gasteiger partial charge in [0.2, 0.25) is 0 Å². The summed E-state index contributed by atoms with van der Waals surface area (Å²) in [5.41, 5.74) is 1.72. The first-order chi connectivity index (χ1) is 9.98. The molecule has 3 N–H and O–H groups in total. The summed E-state index contributed by atoms with van der Waals surface area (Å²) in [6.07, 6.45) is 0.748. The van der Waals surface area contributed by atoms with Crippen molar-refractivity contribution < 1.29 is 9.90 Å². The van der Waals surface area contributed by atoms with Crippen LogP contribution < -0.4 is 10.6 Å². The molecule has 21 heavy (non-hydrogen) atoms. The number of amides is 2. The van der Waals surface area contributed by atoms with Gasteiger partial charge in [0.05, 0.1) is 5.60 Å². The van der Waals surface area contributed by atoms with Crippen LogP contribution in [0.15, 0.2) is 24.3 Å². The standard InChI is InChI=1S/C16H24N2O2S/c1-12-4-3-5-14(8-12)13(2)9-17-15(19)18-10-16(20)6-7-21-11-16/h3-5,8,13,20H,6-7,9-11H2,1-2H3,(H2,17,18,19). The second-order valence-corrected chi connectivity index (χ2v) is 7.01. The predicted octanol–water partition coefficient (Wildman–Crippen LogP) is 2.27. The van der Waals surface area contributed by atoms with Crippen molar-refractivity contribution >= 4 is 17.8 Å². The number of hydrogen-bond donors (Lipinski definition) is 3. The fourth-order valence-electron chi connectivity index (χ4n) is 2.38. The van der Waals surface area contributed by atoms with Crippen molar-refractivity contribution in [3.05, 3.63) is 35.4 Å². The van der Waals surface area contributed by atoms with E-state index in [1.54, 1.807) is 11.8 Å². The van der Waals surface area contributed by atoms with Gasteiger partial charge >= 0.3 is 6.03 Å². The maximum absolute atomic E-state index is 11.8. The van der Waals surface area contributed by atoms with Gasteiger partial charge in [-0.2, -0.15) is 11.8 Å². The van der Waals surface area contributed by atoms with Gasteiger partial charge in [-0.05, 0) is 30.6 Å². The van der Waals surface area contributed by atoms with E-state index in [0.717, 1.165) is 12.2 Å². The molecule has 4 nitrogen and oxygen atoms in total. The Morgan fingerprint density at radius 3 is 2.95 bits per heavy atom. The van der Waals surface area contributed by atoms with E-state index < -0.39 is 5.60 Å². The average molecular weight is 308 g/mol. The van der Waals surface area contributed by atoms with Crippen LogP contribution in [0.2, 0.25) is 0 Å². The molecule has 1 aromatic rings. The Hall–Kier alpha value is -1.20. The molecule has 0 bridgehead atoms. The summed E-state index contributed by atoms with van der Waals surface area (Å²) in [7, 11) is 0. The smallest absolute Gasteiger partial charge is 0.314 e. The Labute approximate surface area is 130 Å². The Bertz CT molecular complexity index is 487. The summed E-state index contributed by atoms with van der Waals surface area (Å²) >= 11 is 1.73. The molecule has 1 aromatic carbocycles. The van der Waals surface area contributed by atoms with Gasteiger partial charge in [0, 0.05) is 18.8 Å². The van der Waals surface area contributed by atoms with E-state index in [2.05, 4.69) is 42.7 Å². The summed E-state index contributed by atoms with van der Waals surface area (Å²) in [5.74, 6) is 1.93. The van der Waals surface area contributed by atoms with E-state index in [9.17, 15) is 9.90 Å². The summed E-state index contributed by atoms with van der Waals surface area (Å²) in [6.45, 7) is 5.07. The van der Waals surface area contributed by atoms with Gasteiger partial charge in [-0.3, -0.25) is 0 Å².